The zero-order chi connectivity index (χ0) is 15.4. The van der Waals surface area contributed by atoms with E-state index >= 15 is 0 Å². The zero-order valence-corrected chi connectivity index (χ0v) is 10.6. The fourth-order valence-corrected chi connectivity index (χ4v) is 1.57. The fourth-order valence-electron chi connectivity index (χ4n) is 1.57. The minimum atomic E-state index is -1.28. The summed E-state index contributed by atoms with van der Waals surface area (Å²) in [4.78, 5) is 21.7. The fraction of sp³-hybridized carbons (Fsp3) is 0. The largest absolute Gasteiger partial charge is 0.507 e. The second kappa shape index (κ2) is 5.83. The van der Waals surface area contributed by atoms with Crippen LogP contribution < -0.4 is 0 Å². The molecule has 3 N–H and O–H groups in total. The lowest BCUT2D eigenvalue weighted by atomic mass is 10.2. The molecule has 0 aliphatic carbocycles. The van der Waals surface area contributed by atoms with E-state index in [1.807, 2.05) is 0 Å². The highest BCUT2D eigenvalue weighted by molar-refractivity contribution is 5.91. The molecule has 0 aromatic heterocycles. The Kier molecular flexibility index (Phi) is 3.94. The molecule has 0 aliphatic heterocycles. The van der Waals surface area contributed by atoms with Crippen molar-refractivity contribution in [1.29, 1.82) is 0 Å². The van der Waals surface area contributed by atoms with E-state index in [1.54, 1.807) is 6.07 Å². The van der Waals surface area contributed by atoms with Crippen LogP contribution in [0, 0.1) is 0 Å². The van der Waals surface area contributed by atoms with Crippen molar-refractivity contribution in [3.05, 3.63) is 53.6 Å². The summed E-state index contributed by atoms with van der Waals surface area (Å²) in [6.07, 6.45) is 0. The molecule has 0 radical (unpaired) electrons. The Morgan fingerprint density at radius 1 is 0.857 bits per heavy atom. The Hall–Kier alpha value is -3.22. The number of nitrogens with zero attached hydrogens (tertiary/aromatic N) is 2. The van der Waals surface area contributed by atoms with Gasteiger partial charge in [-0.1, -0.05) is 6.07 Å². The van der Waals surface area contributed by atoms with Crippen LogP contribution in [0.5, 0.6) is 5.75 Å². The van der Waals surface area contributed by atoms with Gasteiger partial charge < -0.3 is 15.3 Å². The average Bonchev–Trinajstić information content (AvgIpc) is 2.46. The lowest BCUT2D eigenvalue weighted by Crippen LogP contribution is -1.95. The Morgan fingerprint density at radius 2 is 1.52 bits per heavy atom. The Labute approximate surface area is 118 Å². The maximum absolute atomic E-state index is 10.9. The van der Waals surface area contributed by atoms with Crippen molar-refractivity contribution >= 4 is 23.3 Å². The van der Waals surface area contributed by atoms with Crippen LogP contribution in [0.4, 0.5) is 11.4 Å². The number of carboxylic acid groups (broad SMARTS) is 2. The van der Waals surface area contributed by atoms with Gasteiger partial charge in [0.05, 0.1) is 16.9 Å². The molecule has 0 heterocycles. The summed E-state index contributed by atoms with van der Waals surface area (Å²) in [6.45, 7) is 0. The van der Waals surface area contributed by atoms with Crippen LogP contribution in [0.15, 0.2) is 52.7 Å². The van der Waals surface area contributed by atoms with E-state index in [0.717, 1.165) is 0 Å². The molecule has 0 saturated carbocycles. The Morgan fingerprint density at radius 3 is 2.14 bits per heavy atom. The molecule has 0 amide bonds. The van der Waals surface area contributed by atoms with Crippen molar-refractivity contribution in [2.75, 3.05) is 0 Å². The number of rotatable bonds is 4. The van der Waals surface area contributed by atoms with Crippen molar-refractivity contribution in [3.63, 3.8) is 0 Å². The van der Waals surface area contributed by atoms with Crippen molar-refractivity contribution in [3.8, 4) is 5.75 Å². The molecule has 0 saturated heterocycles. The average molecular weight is 286 g/mol. The summed E-state index contributed by atoms with van der Waals surface area (Å²) in [5.74, 6) is -2.73. The first-order valence-electron chi connectivity index (χ1n) is 5.79. The van der Waals surface area contributed by atoms with Crippen molar-refractivity contribution < 1.29 is 24.9 Å². The number of hydrogen-bond acceptors (Lipinski definition) is 5. The summed E-state index contributed by atoms with van der Waals surface area (Å²) in [7, 11) is 0. The van der Waals surface area contributed by atoms with E-state index < -0.39 is 11.9 Å². The molecule has 0 spiro atoms. The van der Waals surface area contributed by atoms with Gasteiger partial charge >= 0.3 is 11.9 Å². The third kappa shape index (κ3) is 3.41. The molecule has 7 nitrogen and oxygen atoms in total. The Bertz CT molecular complexity index is 740. The minimum absolute atomic E-state index is 0.0726. The van der Waals surface area contributed by atoms with Gasteiger partial charge in [0.2, 0.25) is 0 Å². The van der Waals surface area contributed by atoms with Crippen molar-refractivity contribution in [2.24, 2.45) is 10.2 Å². The van der Waals surface area contributed by atoms with Gasteiger partial charge in [-0.2, -0.15) is 10.2 Å². The van der Waals surface area contributed by atoms with Crippen LogP contribution in [-0.2, 0) is 0 Å². The molecule has 21 heavy (non-hydrogen) atoms. The first-order chi connectivity index (χ1) is 9.97. The molecular formula is C14H10N2O5. The number of carboxylic acids is 2. The van der Waals surface area contributed by atoms with E-state index in [2.05, 4.69) is 10.2 Å². The summed E-state index contributed by atoms with van der Waals surface area (Å²) in [5, 5.41) is 34.8. The second-order valence-corrected chi connectivity index (χ2v) is 4.06. The maximum Gasteiger partial charge on any atom is 0.339 e. The van der Waals surface area contributed by atoms with E-state index in [1.165, 1.54) is 36.4 Å². The number of carbonyl (C=O) groups is 2. The predicted octanol–water partition coefficient (Wildman–Crippen LogP) is 3.20. The standard InChI is InChI=1S/C14H10N2O5/c17-12-5-4-10(7-11(12)14(20)21)16-15-9-3-1-2-8(6-9)13(18)19/h1-7,17H,(H,18,19)(H,20,21). The van der Waals surface area contributed by atoms with E-state index in [9.17, 15) is 14.7 Å². The number of hydrogen-bond donors (Lipinski definition) is 3. The molecule has 0 aliphatic rings. The van der Waals surface area contributed by atoms with E-state index in [4.69, 9.17) is 10.2 Å². The maximum atomic E-state index is 10.9. The van der Waals surface area contributed by atoms with Crippen molar-refractivity contribution in [2.45, 2.75) is 0 Å². The quantitative estimate of drug-likeness (QED) is 0.745. The molecule has 0 atom stereocenters. The van der Waals surface area contributed by atoms with E-state index in [0.29, 0.717) is 5.69 Å². The van der Waals surface area contributed by atoms with Gasteiger partial charge in [0.1, 0.15) is 11.3 Å². The van der Waals surface area contributed by atoms with Crippen LogP contribution in [0.25, 0.3) is 0 Å². The number of benzene rings is 2. The normalized spacial score (nSPS) is 10.7. The highest BCUT2D eigenvalue weighted by Crippen LogP contribution is 2.25. The molecule has 0 unspecified atom stereocenters. The minimum Gasteiger partial charge on any atom is -0.507 e. The van der Waals surface area contributed by atoms with Crippen LogP contribution in [0.2, 0.25) is 0 Å². The number of phenols is 1. The van der Waals surface area contributed by atoms with Crippen LogP contribution >= 0.6 is 0 Å². The number of aromatic hydroxyl groups is 1. The van der Waals surface area contributed by atoms with Gasteiger partial charge in [0.25, 0.3) is 0 Å². The molecule has 7 heteroatoms. The smallest absolute Gasteiger partial charge is 0.339 e. The van der Waals surface area contributed by atoms with Gasteiger partial charge in [-0.3, -0.25) is 0 Å². The van der Waals surface area contributed by atoms with Gasteiger partial charge in [-0.25, -0.2) is 9.59 Å². The predicted molar refractivity (Wildman–Crippen MR) is 72.6 cm³/mol. The lowest BCUT2D eigenvalue weighted by Gasteiger charge is -2.00. The number of aromatic carboxylic acids is 2. The molecule has 2 rings (SSSR count). The summed E-state index contributed by atoms with van der Waals surface area (Å²) in [6, 6.07) is 9.61. The van der Waals surface area contributed by atoms with E-state index in [-0.39, 0.29) is 22.6 Å². The molecule has 0 bridgehead atoms. The molecule has 2 aromatic carbocycles. The van der Waals surface area contributed by atoms with Crippen LogP contribution in [-0.4, -0.2) is 27.3 Å². The third-order valence-electron chi connectivity index (χ3n) is 2.58. The monoisotopic (exact) mass is 286 g/mol. The SMILES string of the molecule is O=C(O)c1cccc(N=Nc2ccc(O)c(C(=O)O)c2)c1. The highest BCUT2D eigenvalue weighted by atomic mass is 16.4. The second-order valence-electron chi connectivity index (χ2n) is 4.06. The first kappa shape index (κ1) is 14.2. The molecule has 2 aromatic rings. The molecular weight excluding hydrogens is 276 g/mol. The summed E-state index contributed by atoms with van der Waals surface area (Å²) >= 11 is 0. The van der Waals surface area contributed by atoms with Gasteiger partial charge in [0.15, 0.2) is 0 Å². The molecule has 0 fully saturated rings. The first-order valence-corrected chi connectivity index (χ1v) is 5.79. The van der Waals surface area contributed by atoms with Crippen LogP contribution in [0.3, 0.4) is 0 Å². The zero-order valence-electron chi connectivity index (χ0n) is 10.6. The lowest BCUT2D eigenvalue weighted by molar-refractivity contribution is 0.0684. The highest BCUT2D eigenvalue weighted by Gasteiger charge is 2.10. The third-order valence-corrected chi connectivity index (χ3v) is 2.58. The summed E-state index contributed by atoms with van der Waals surface area (Å²) < 4.78 is 0. The molecule has 106 valence electrons. The Balaban J connectivity index is 2.29. The van der Waals surface area contributed by atoms with Crippen molar-refractivity contribution in [1.82, 2.24) is 0 Å². The van der Waals surface area contributed by atoms with Gasteiger partial charge in [0, 0.05) is 0 Å². The number of azo groups is 1. The van der Waals surface area contributed by atoms with Crippen LogP contribution in [0.1, 0.15) is 20.7 Å². The van der Waals surface area contributed by atoms with Gasteiger partial charge in [-0.05, 0) is 36.4 Å². The topological polar surface area (TPSA) is 120 Å². The van der Waals surface area contributed by atoms with Gasteiger partial charge in [-0.15, -0.1) is 0 Å². The summed E-state index contributed by atoms with van der Waals surface area (Å²) in [5.41, 5.74) is 0.333.